The Labute approximate surface area is 173 Å². The third-order valence-electron chi connectivity index (χ3n) is 6.14. The van der Waals surface area contributed by atoms with E-state index in [-0.39, 0.29) is 36.5 Å². The number of hydrogen-bond acceptors (Lipinski definition) is 6. The first-order chi connectivity index (χ1) is 13.9. The first-order valence-electron chi connectivity index (χ1n) is 11.0. The van der Waals surface area contributed by atoms with Crippen LogP contribution >= 0.6 is 0 Å². The maximum Gasteiger partial charge on any atom is 0.410 e. The summed E-state index contributed by atoms with van der Waals surface area (Å²) in [4.78, 5) is 22.6. The van der Waals surface area contributed by atoms with E-state index in [1.54, 1.807) is 12.3 Å². The minimum absolute atomic E-state index is 0.161. The van der Waals surface area contributed by atoms with Gasteiger partial charge < -0.3 is 19.1 Å². The summed E-state index contributed by atoms with van der Waals surface area (Å²) in [5.41, 5.74) is -0.448. The molecule has 0 N–H and O–H groups in total. The van der Waals surface area contributed by atoms with Crippen molar-refractivity contribution in [2.24, 2.45) is 0 Å². The number of carbonyl (C=O) groups excluding carboxylic acids is 1. The van der Waals surface area contributed by atoms with Crippen molar-refractivity contribution in [1.29, 1.82) is 0 Å². The van der Waals surface area contributed by atoms with Gasteiger partial charge in [-0.15, -0.1) is 0 Å². The second-order valence-electron chi connectivity index (χ2n) is 9.57. The molecule has 1 unspecified atom stereocenters. The molecule has 160 valence electrons. The van der Waals surface area contributed by atoms with Gasteiger partial charge in [0.05, 0.1) is 12.2 Å². The Bertz CT molecular complexity index is 671. The normalized spacial score (nSPS) is 32.1. The summed E-state index contributed by atoms with van der Waals surface area (Å²) in [7, 11) is 0. The Morgan fingerprint density at radius 2 is 1.66 bits per heavy atom. The van der Waals surface area contributed by atoms with Crippen LogP contribution in [0.5, 0.6) is 5.88 Å². The molecule has 0 radical (unpaired) electrons. The predicted molar refractivity (Wildman–Crippen MR) is 108 cm³/mol. The van der Waals surface area contributed by atoms with Crippen LogP contribution in [0.15, 0.2) is 18.6 Å². The van der Waals surface area contributed by atoms with Crippen molar-refractivity contribution in [3.05, 3.63) is 18.6 Å². The number of rotatable bonds is 4. The maximum absolute atomic E-state index is 12.6. The highest BCUT2D eigenvalue weighted by atomic mass is 16.6. The number of amides is 1. The van der Waals surface area contributed by atoms with Crippen LogP contribution in [0.3, 0.4) is 0 Å². The molecule has 3 aliphatic rings. The minimum atomic E-state index is -0.448. The molecule has 3 fully saturated rings. The standard InChI is InChI=1S/C22H33N3O4/c1-22(2,3)29-21(26)25-15-4-5-16(25)13-19(12-15)27-17-6-8-18(9-7-17)28-20-10-11-23-14-24-20/h10-11,14-19H,4-9,12-13H2,1-3H3/t15-,16+,17?,18?,19?. The predicted octanol–water partition coefficient (Wildman–Crippen LogP) is 4.11. The lowest BCUT2D eigenvalue weighted by Gasteiger charge is -2.41. The van der Waals surface area contributed by atoms with Crippen LogP contribution in [0, 0.1) is 0 Å². The van der Waals surface area contributed by atoms with Crippen LogP contribution in [0.2, 0.25) is 0 Å². The van der Waals surface area contributed by atoms with Gasteiger partial charge in [-0.3, -0.25) is 0 Å². The van der Waals surface area contributed by atoms with Gasteiger partial charge in [-0.25, -0.2) is 14.8 Å². The second kappa shape index (κ2) is 8.46. The fourth-order valence-corrected chi connectivity index (χ4v) is 4.93. The molecule has 0 spiro atoms. The van der Waals surface area contributed by atoms with E-state index < -0.39 is 5.60 Å². The summed E-state index contributed by atoms with van der Waals surface area (Å²) in [5.74, 6) is 0.649. The van der Waals surface area contributed by atoms with Crippen molar-refractivity contribution >= 4 is 6.09 Å². The zero-order valence-electron chi connectivity index (χ0n) is 17.8. The van der Waals surface area contributed by atoms with E-state index in [0.717, 1.165) is 51.4 Å². The molecule has 2 saturated heterocycles. The number of fused-ring (bicyclic) bond motifs is 2. The molecule has 7 heteroatoms. The molecule has 2 aliphatic heterocycles. The number of piperidine rings is 1. The molecule has 2 bridgehead atoms. The molecule has 1 aromatic heterocycles. The molecular weight excluding hydrogens is 370 g/mol. The largest absolute Gasteiger partial charge is 0.474 e. The fourth-order valence-electron chi connectivity index (χ4n) is 4.93. The monoisotopic (exact) mass is 403 g/mol. The zero-order valence-corrected chi connectivity index (χ0v) is 17.8. The number of aromatic nitrogens is 2. The van der Waals surface area contributed by atoms with Crippen LogP contribution in [0.1, 0.15) is 72.1 Å². The topological polar surface area (TPSA) is 73.8 Å². The number of nitrogens with zero attached hydrogens (tertiary/aromatic N) is 3. The Balaban J connectivity index is 1.24. The lowest BCUT2D eigenvalue weighted by Crippen LogP contribution is -2.50. The van der Waals surface area contributed by atoms with E-state index in [9.17, 15) is 4.79 Å². The highest BCUT2D eigenvalue weighted by Gasteiger charge is 2.45. The average molecular weight is 404 g/mol. The first kappa shape index (κ1) is 20.4. The second-order valence-corrected chi connectivity index (χ2v) is 9.57. The Morgan fingerprint density at radius 1 is 1.00 bits per heavy atom. The molecule has 3 atom stereocenters. The van der Waals surface area contributed by atoms with Crippen LogP contribution in [-0.4, -0.2) is 57.0 Å². The molecule has 3 heterocycles. The maximum atomic E-state index is 12.6. The highest BCUT2D eigenvalue weighted by molar-refractivity contribution is 5.69. The molecule has 1 aliphatic carbocycles. The van der Waals surface area contributed by atoms with Crippen molar-refractivity contribution in [2.45, 2.75) is 108 Å². The van der Waals surface area contributed by atoms with E-state index >= 15 is 0 Å². The molecule has 0 aromatic carbocycles. The van der Waals surface area contributed by atoms with Gasteiger partial charge in [0.1, 0.15) is 18.0 Å². The molecule has 29 heavy (non-hydrogen) atoms. The number of carbonyl (C=O) groups is 1. The van der Waals surface area contributed by atoms with Gasteiger partial charge in [0.25, 0.3) is 0 Å². The summed E-state index contributed by atoms with van der Waals surface area (Å²) in [6, 6.07) is 2.31. The Hall–Kier alpha value is -1.89. The van der Waals surface area contributed by atoms with Crippen molar-refractivity contribution in [1.82, 2.24) is 14.9 Å². The van der Waals surface area contributed by atoms with Gasteiger partial charge in [-0.2, -0.15) is 0 Å². The van der Waals surface area contributed by atoms with E-state index in [1.165, 1.54) is 6.33 Å². The number of hydrogen-bond donors (Lipinski definition) is 0. The van der Waals surface area contributed by atoms with Gasteiger partial charge in [0, 0.05) is 24.3 Å². The summed E-state index contributed by atoms with van der Waals surface area (Å²) >= 11 is 0. The lowest BCUT2D eigenvalue weighted by molar-refractivity contribution is -0.0814. The van der Waals surface area contributed by atoms with Gasteiger partial charge >= 0.3 is 6.09 Å². The van der Waals surface area contributed by atoms with Gasteiger partial charge in [0.15, 0.2) is 0 Å². The molecule has 1 amide bonds. The Morgan fingerprint density at radius 3 is 2.24 bits per heavy atom. The van der Waals surface area contributed by atoms with Crippen molar-refractivity contribution < 1.29 is 19.0 Å². The average Bonchev–Trinajstić information content (AvgIpc) is 2.94. The summed E-state index contributed by atoms with van der Waals surface area (Å²) in [5, 5.41) is 0. The lowest BCUT2D eigenvalue weighted by atomic mass is 9.93. The van der Waals surface area contributed by atoms with E-state index in [1.807, 2.05) is 25.7 Å². The summed E-state index contributed by atoms with van der Waals surface area (Å²) in [6.45, 7) is 5.77. The van der Waals surface area contributed by atoms with E-state index in [2.05, 4.69) is 9.97 Å². The van der Waals surface area contributed by atoms with Crippen molar-refractivity contribution in [3.63, 3.8) is 0 Å². The third kappa shape index (κ3) is 5.18. The summed E-state index contributed by atoms with van der Waals surface area (Å²) < 4.78 is 18.1. The fraction of sp³-hybridized carbons (Fsp3) is 0.773. The molecule has 1 aromatic rings. The summed E-state index contributed by atoms with van der Waals surface area (Å²) in [6.07, 6.45) is 11.8. The quantitative estimate of drug-likeness (QED) is 0.753. The Kier molecular flexibility index (Phi) is 5.95. The molecule has 7 nitrogen and oxygen atoms in total. The highest BCUT2D eigenvalue weighted by Crippen LogP contribution is 2.39. The van der Waals surface area contributed by atoms with Crippen LogP contribution in [-0.2, 0) is 9.47 Å². The number of ether oxygens (including phenoxy) is 3. The van der Waals surface area contributed by atoms with Crippen molar-refractivity contribution in [2.75, 3.05) is 0 Å². The third-order valence-corrected chi connectivity index (χ3v) is 6.14. The SMILES string of the molecule is CC(C)(C)OC(=O)N1[C@@H]2CC[C@H]1CC(OC1CCC(Oc3ccncn3)CC1)C2. The van der Waals surface area contributed by atoms with Crippen molar-refractivity contribution in [3.8, 4) is 5.88 Å². The van der Waals surface area contributed by atoms with Crippen LogP contribution < -0.4 is 4.74 Å². The molecular formula is C22H33N3O4. The zero-order chi connectivity index (χ0) is 20.4. The van der Waals surface area contributed by atoms with Crippen LogP contribution in [0.4, 0.5) is 4.79 Å². The van der Waals surface area contributed by atoms with Crippen LogP contribution in [0.25, 0.3) is 0 Å². The smallest absolute Gasteiger partial charge is 0.410 e. The van der Waals surface area contributed by atoms with Gasteiger partial charge in [0.2, 0.25) is 5.88 Å². The first-order valence-corrected chi connectivity index (χ1v) is 11.0. The van der Waals surface area contributed by atoms with E-state index in [4.69, 9.17) is 14.2 Å². The van der Waals surface area contributed by atoms with E-state index in [0.29, 0.717) is 5.88 Å². The van der Waals surface area contributed by atoms with Gasteiger partial charge in [-0.05, 0) is 72.1 Å². The van der Waals surface area contributed by atoms with Gasteiger partial charge in [-0.1, -0.05) is 0 Å². The molecule has 4 rings (SSSR count). The minimum Gasteiger partial charge on any atom is -0.474 e. The molecule has 1 saturated carbocycles.